The third-order valence-electron chi connectivity index (χ3n) is 4.42. The van der Waals surface area contributed by atoms with Gasteiger partial charge in [0.2, 0.25) is 5.91 Å². The molecule has 1 aliphatic heterocycles. The summed E-state index contributed by atoms with van der Waals surface area (Å²) in [6.07, 6.45) is 5.05. The van der Waals surface area contributed by atoms with Crippen molar-refractivity contribution >= 4 is 17.3 Å². The van der Waals surface area contributed by atoms with Gasteiger partial charge in [0.15, 0.2) is 0 Å². The molecule has 0 aromatic heterocycles. The maximum atomic E-state index is 12.4. The van der Waals surface area contributed by atoms with Gasteiger partial charge in [-0.15, -0.1) is 0 Å². The molecule has 4 heteroatoms. The van der Waals surface area contributed by atoms with E-state index < -0.39 is 0 Å². The van der Waals surface area contributed by atoms with Gasteiger partial charge >= 0.3 is 0 Å². The second-order valence-electron chi connectivity index (χ2n) is 6.05. The molecule has 0 aliphatic carbocycles. The fraction of sp³-hybridized carbons (Fsp3) is 0.588. The van der Waals surface area contributed by atoms with Gasteiger partial charge in [-0.25, -0.2) is 0 Å². The minimum Gasteiger partial charge on any atom is -0.399 e. The number of carbonyl (C=O) groups is 1. The number of amides is 1. The average molecular weight is 289 g/mol. The number of carbonyl (C=O) groups excluding carboxylic acids is 1. The minimum atomic E-state index is 0.147. The number of nitrogen functional groups attached to an aromatic ring is 1. The van der Waals surface area contributed by atoms with Gasteiger partial charge in [-0.1, -0.05) is 19.8 Å². The normalized spacial score (nSPS) is 16.9. The maximum absolute atomic E-state index is 12.4. The average Bonchev–Trinajstić information content (AvgIpc) is 2.49. The van der Waals surface area contributed by atoms with Gasteiger partial charge < -0.3 is 10.6 Å². The van der Waals surface area contributed by atoms with Crippen LogP contribution in [0.2, 0.25) is 0 Å². The Morgan fingerprint density at radius 2 is 1.90 bits per heavy atom. The van der Waals surface area contributed by atoms with Crippen molar-refractivity contribution in [1.29, 1.82) is 0 Å². The molecule has 0 radical (unpaired) electrons. The first kappa shape index (κ1) is 15.8. The Morgan fingerprint density at radius 1 is 1.29 bits per heavy atom. The lowest BCUT2D eigenvalue weighted by Gasteiger charge is -2.32. The van der Waals surface area contributed by atoms with Crippen molar-refractivity contribution in [1.82, 2.24) is 4.90 Å². The zero-order valence-corrected chi connectivity index (χ0v) is 13.2. The van der Waals surface area contributed by atoms with Gasteiger partial charge in [0.1, 0.15) is 0 Å². The molecular formula is C17H27N3O. The molecule has 0 unspecified atom stereocenters. The first-order valence-corrected chi connectivity index (χ1v) is 7.94. The molecule has 0 bridgehead atoms. The van der Waals surface area contributed by atoms with E-state index in [1.54, 1.807) is 4.90 Å². The van der Waals surface area contributed by atoms with Crippen molar-refractivity contribution in [2.45, 2.75) is 32.6 Å². The summed E-state index contributed by atoms with van der Waals surface area (Å²) < 4.78 is 0. The van der Waals surface area contributed by atoms with Crippen LogP contribution in [-0.4, -0.2) is 37.5 Å². The Balaban J connectivity index is 1.83. The van der Waals surface area contributed by atoms with Gasteiger partial charge in [0, 0.05) is 18.4 Å². The van der Waals surface area contributed by atoms with Crippen LogP contribution in [0.1, 0.15) is 32.6 Å². The molecule has 1 aromatic rings. The summed E-state index contributed by atoms with van der Waals surface area (Å²) in [5.74, 6) is 1.00. The topological polar surface area (TPSA) is 49.6 Å². The van der Waals surface area contributed by atoms with Gasteiger partial charge in [-0.05, 0) is 56.1 Å². The molecular weight excluding hydrogens is 262 g/mol. The van der Waals surface area contributed by atoms with Crippen LogP contribution in [0, 0.1) is 5.92 Å². The predicted octanol–water partition coefficient (Wildman–Crippen LogP) is 2.74. The number of nitrogens with zero attached hydrogens (tertiary/aromatic N) is 2. The SMILES string of the molecule is CCCC1CCN(CC(=O)N(C)c2ccc(N)cc2)CC1. The number of rotatable bonds is 5. The van der Waals surface area contributed by atoms with E-state index in [4.69, 9.17) is 5.73 Å². The summed E-state index contributed by atoms with van der Waals surface area (Å²) in [7, 11) is 1.83. The number of nitrogens with two attached hydrogens (primary N) is 1. The Kier molecular flexibility index (Phi) is 5.62. The van der Waals surface area contributed by atoms with Crippen LogP contribution in [0.15, 0.2) is 24.3 Å². The van der Waals surface area contributed by atoms with Crippen molar-refractivity contribution in [3.63, 3.8) is 0 Å². The van der Waals surface area contributed by atoms with E-state index in [-0.39, 0.29) is 5.91 Å². The first-order chi connectivity index (χ1) is 10.1. The van der Waals surface area contributed by atoms with Gasteiger partial charge in [0.25, 0.3) is 0 Å². The molecule has 1 aromatic carbocycles. The smallest absolute Gasteiger partial charge is 0.240 e. The number of hydrogen-bond acceptors (Lipinski definition) is 3. The van der Waals surface area contributed by atoms with Crippen molar-refractivity contribution in [2.75, 3.05) is 37.3 Å². The second kappa shape index (κ2) is 7.46. The Hall–Kier alpha value is -1.55. The van der Waals surface area contributed by atoms with Crippen LogP contribution in [0.3, 0.4) is 0 Å². The van der Waals surface area contributed by atoms with Crippen molar-refractivity contribution in [3.05, 3.63) is 24.3 Å². The third-order valence-corrected chi connectivity index (χ3v) is 4.42. The summed E-state index contributed by atoms with van der Waals surface area (Å²) >= 11 is 0. The molecule has 1 saturated heterocycles. The molecule has 21 heavy (non-hydrogen) atoms. The van der Waals surface area contributed by atoms with E-state index in [9.17, 15) is 4.79 Å². The number of anilines is 2. The highest BCUT2D eigenvalue weighted by Gasteiger charge is 2.21. The number of piperidine rings is 1. The number of hydrogen-bond donors (Lipinski definition) is 1. The fourth-order valence-corrected chi connectivity index (χ4v) is 2.98. The molecule has 1 heterocycles. The highest BCUT2D eigenvalue weighted by atomic mass is 16.2. The summed E-state index contributed by atoms with van der Waals surface area (Å²) in [6, 6.07) is 7.44. The molecule has 116 valence electrons. The van der Waals surface area contributed by atoms with Crippen molar-refractivity contribution in [3.8, 4) is 0 Å². The molecule has 2 N–H and O–H groups in total. The van der Waals surface area contributed by atoms with E-state index in [0.29, 0.717) is 6.54 Å². The predicted molar refractivity (Wildman–Crippen MR) is 88.3 cm³/mol. The molecule has 0 atom stereocenters. The monoisotopic (exact) mass is 289 g/mol. The van der Waals surface area contributed by atoms with Gasteiger partial charge in [0.05, 0.1) is 6.54 Å². The molecule has 0 saturated carbocycles. The largest absolute Gasteiger partial charge is 0.399 e. The molecule has 1 fully saturated rings. The summed E-state index contributed by atoms with van der Waals surface area (Å²) in [5.41, 5.74) is 7.30. The molecule has 1 amide bonds. The zero-order chi connectivity index (χ0) is 15.2. The van der Waals surface area contributed by atoms with Gasteiger partial charge in [-0.3, -0.25) is 9.69 Å². The van der Waals surface area contributed by atoms with Crippen LogP contribution in [0.25, 0.3) is 0 Å². The third kappa shape index (κ3) is 4.46. The fourth-order valence-electron chi connectivity index (χ4n) is 2.98. The first-order valence-electron chi connectivity index (χ1n) is 7.94. The second-order valence-corrected chi connectivity index (χ2v) is 6.05. The van der Waals surface area contributed by atoms with Crippen molar-refractivity contribution < 1.29 is 4.79 Å². The van der Waals surface area contributed by atoms with Crippen LogP contribution < -0.4 is 10.6 Å². The highest BCUT2D eigenvalue weighted by molar-refractivity contribution is 5.94. The van der Waals surface area contributed by atoms with Crippen LogP contribution in [0.5, 0.6) is 0 Å². The van der Waals surface area contributed by atoms with Gasteiger partial charge in [-0.2, -0.15) is 0 Å². The van der Waals surface area contributed by atoms with E-state index in [0.717, 1.165) is 30.4 Å². The molecule has 4 nitrogen and oxygen atoms in total. The summed E-state index contributed by atoms with van der Waals surface area (Å²) in [5, 5.41) is 0. The van der Waals surface area contributed by atoms with Crippen LogP contribution in [-0.2, 0) is 4.79 Å². The number of benzene rings is 1. The Bertz CT molecular complexity index is 450. The minimum absolute atomic E-state index is 0.147. The lowest BCUT2D eigenvalue weighted by molar-refractivity contribution is -0.119. The van der Waals surface area contributed by atoms with E-state index >= 15 is 0 Å². The molecule has 0 spiro atoms. The maximum Gasteiger partial charge on any atom is 0.240 e. The molecule has 1 aliphatic rings. The quantitative estimate of drug-likeness (QED) is 0.848. The Labute approximate surface area is 127 Å². The standard InChI is InChI=1S/C17H27N3O/c1-3-4-14-9-11-20(12-10-14)13-17(21)19(2)16-7-5-15(18)6-8-16/h5-8,14H,3-4,9-13,18H2,1-2H3. The lowest BCUT2D eigenvalue weighted by atomic mass is 9.92. The molecule has 2 rings (SSSR count). The van der Waals surface area contributed by atoms with Crippen LogP contribution in [0.4, 0.5) is 11.4 Å². The van der Waals surface area contributed by atoms with E-state index in [1.165, 1.54) is 25.7 Å². The lowest BCUT2D eigenvalue weighted by Crippen LogP contribution is -2.42. The Morgan fingerprint density at radius 3 is 2.48 bits per heavy atom. The van der Waals surface area contributed by atoms with E-state index in [1.807, 2.05) is 31.3 Å². The van der Waals surface area contributed by atoms with E-state index in [2.05, 4.69) is 11.8 Å². The van der Waals surface area contributed by atoms with Crippen LogP contribution >= 0.6 is 0 Å². The van der Waals surface area contributed by atoms with Crippen molar-refractivity contribution in [2.24, 2.45) is 5.92 Å². The zero-order valence-electron chi connectivity index (χ0n) is 13.2. The highest BCUT2D eigenvalue weighted by Crippen LogP contribution is 2.22. The number of likely N-dealkylation sites (tertiary alicyclic amines) is 1. The number of likely N-dealkylation sites (N-methyl/N-ethyl adjacent to an activating group) is 1. The summed E-state index contributed by atoms with van der Waals surface area (Å²) in [4.78, 5) is 16.4. The summed E-state index contributed by atoms with van der Waals surface area (Å²) in [6.45, 7) is 4.86.